The molecule has 0 radical (unpaired) electrons. The van der Waals surface area contributed by atoms with Gasteiger partial charge in [-0.3, -0.25) is 9.59 Å². The summed E-state index contributed by atoms with van der Waals surface area (Å²) in [6.07, 6.45) is 59.7. The van der Waals surface area contributed by atoms with Crippen LogP contribution in [0.25, 0.3) is 0 Å². The van der Waals surface area contributed by atoms with Crippen LogP contribution in [0.1, 0.15) is 271 Å². The van der Waals surface area contributed by atoms with Crippen LogP contribution in [0.4, 0.5) is 0 Å². The molecule has 2 unspecified atom stereocenters. The van der Waals surface area contributed by atoms with Gasteiger partial charge in [-0.05, 0) is 83.5 Å². The third-order valence-corrected chi connectivity index (χ3v) is 11.9. The van der Waals surface area contributed by atoms with E-state index >= 15 is 0 Å². The first-order chi connectivity index (χ1) is 29.5. The van der Waals surface area contributed by atoms with Crippen LogP contribution in [0.3, 0.4) is 0 Å². The molecular weight excluding hydrogens is 743 g/mol. The van der Waals surface area contributed by atoms with Crippen molar-refractivity contribution in [2.24, 2.45) is 0 Å². The lowest BCUT2D eigenvalue weighted by atomic mass is 10.0. The lowest BCUT2D eigenvalue weighted by Crippen LogP contribution is -2.45. The van der Waals surface area contributed by atoms with E-state index in [0.717, 1.165) is 77.0 Å². The Morgan fingerprint density at radius 1 is 0.467 bits per heavy atom. The van der Waals surface area contributed by atoms with E-state index in [4.69, 9.17) is 4.74 Å². The van der Waals surface area contributed by atoms with Gasteiger partial charge in [-0.1, -0.05) is 211 Å². The lowest BCUT2D eigenvalue weighted by molar-refractivity contribution is -0.143. The number of ether oxygens (including phenoxy) is 1. The average Bonchev–Trinajstić information content (AvgIpc) is 3.25. The first-order valence-electron chi connectivity index (χ1n) is 26.2. The Bertz CT molecular complexity index is 977. The van der Waals surface area contributed by atoms with Crippen LogP contribution in [0, 0.1) is 0 Å². The Kier molecular flexibility index (Phi) is 48.1. The third-order valence-electron chi connectivity index (χ3n) is 11.9. The van der Waals surface area contributed by atoms with Crippen LogP contribution in [0.5, 0.6) is 0 Å². The maximum atomic E-state index is 12.4. The quantitative estimate of drug-likeness (QED) is 0.0322. The standard InChI is InChI=1S/C54H101NO5/c1-3-5-7-9-11-13-15-16-17-18-19-22-25-28-32-36-40-44-48-54(59)60-49-45-41-37-33-29-26-23-20-21-24-27-31-35-39-43-47-53(58)55-51(50-56)52(57)46-42-38-34-30-14-12-10-8-6-4-2/h13,15,17-18,23,26,51-52,56-57H,3-12,14,16,19-22,24-25,27-50H2,1-2H3,(H,55,58)/b15-13-,18-17-,26-23-. The van der Waals surface area contributed by atoms with Gasteiger partial charge < -0.3 is 20.3 Å². The molecule has 0 saturated carbocycles. The summed E-state index contributed by atoms with van der Waals surface area (Å²) < 4.78 is 5.46. The van der Waals surface area contributed by atoms with Crippen LogP contribution >= 0.6 is 0 Å². The highest BCUT2D eigenvalue weighted by molar-refractivity contribution is 5.76. The molecule has 0 fully saturated rings. The van der Waals surface area contributed by atoms with Gasteiger partial charge in [0.1, 0.15) is 0 Å². The van der Waals surface area contributed by atoms with E-state index in [-0.39, 0.29) is 18.5 Å². The van der Waals surface area contributed by atoms with Crippen molar-refractivity contribution >= 4 is 11.9 Å². The summed E-state index contributed by atoms with van der Waals surface area (Å²) in [6.45, 7) is 4.88. The molecule has 1 amide bonds. The minimum Gasteiger partial charge on any atom is -0.466 e. The number of aliphatic hydroxyl groups excluding tert-OH is 2. The van der Waals surface area contributed by atoms with E-state index in [1.165, 1.54) is 161 Å². The summed E-state index contributed by atoms with van der Waals surface area (Å²) in [4.78, 5) is 24.4. The predicted molar refractivity (Wildman–Crippen MR) is 259 cm³/mol. The van der Waals surface area contributed by atoms with Crippen molar-refractivity contribution in [2.75, 3.05) is 13.2 Å². The van der Waals surface area contributed by atoms with Crippen LogP contribution < -0.4 is 5.32 Å². The Balaban J connectivity index is 3.46. The maximum Gasteiger partial charge on any atom is 0.305 e. The third kappa shape index (κ3) is 45.6. The number of allylic oxidation sites excluding steroid dienone is 6. The Morgan fingerprint density at radius 2 is 0.833 bits per heavy atom. The van der Waals surface area contributed by atoms with E-state index in [9.17, 15) is 19.8 Å². The van der Waals surface area contributed by atoms with Gasteiger partial charge in [0.2, 0.25) is 5.91 Å². The zero-order chi connectivity index (χ0) is 43.7. The molecule has 0 spiro atoms. The number of esters is 1. The summed E-state index contributed by atoms with van der Waals surface area (Å²) in [7, 11) is 0. The zero-order valence-electron chi connectivity index (χ0n) is 39.9. The minimum atomic E-state index is -0.673. The largest absolute Gasteiger partial charge is 0.466 e. The molecule has 0 heterocycles. The van der Waals surface area contributed by atoms with Crippen LogP contribution in [-0.2, 0) is 14.3 Å². The van der Waals surface area contributed by atoms with Crippen molar-refractivity contribution in [3.8, 4) is 0 Å². The second-order valence-corrected chi connectivity index (χ2v) is 17.8. The molecule has 60 heavy (non-hydrogen) atoms. The molecule has 2 atom stereocenters. The fraction of sp³-hybridized carbons (Fsp3) is 0.852. The monoisotopic (exact) mass is 844 g/mol. The van der Waals surface area contributed by atoms with E-state index in [0.29, 0.717) is 25.9 Å². The van der Waals surface area contributed by atoms with Crippen molar-refractivity contribution < 1.29 is 24.5 Å². The van der Waals surface area contributed by atoms with E-state index in [1.807, 2.05) is 0 Å². The van der Waals surface area contributed by atoms with Gasteiger partial charge in [0.25, 0.3) is 0 Å². The summed E-state index contributed by atoms with van der Waals surface area (Å²) in [5.74, 6) is -0.0712. The number of aliphatic hydroxyl groups is 2. The molecule has 6 nitrogen and oxygen atoms in total. The average molecular weight is 844 g/mol. The first-order valence-corrected chi connectivity index (χ1v) is 26.2. The highest BCUT2D eigenvalue weighted by atomic mass is 16.5. The highest BCUT2D eigenvalue weighted by Gasteiger charge is 2.20. The number of rotatable bonds is 48. The van der Waals surface area contributed by atoms with Crippen LogP contribution in [0.2, 0.25) is 0 Å². The molecule has 0 bridgehead atoms. The molecule has 0 aliphatic rings. The smallest absolute Gasteiger partial charge is 0.305 e. The second-order valence-electron chi connectivity index (χ2n) is 17.8. The Morgan fingerprint density at radius 3 is 1.30 bits per heavy atom. The van der Waals surface area contributed by atoms with E-state index < -0.39 is 12.1 Å². The highest BCUT2D eigenvalue weighted by Crippen LogP contribution is 2.15. The molecule has 0 aromatic heterocycles. The normalized spacial score (nSPS) is 12.9. The molecule has 352 valence electrons. The number of carbonyl (C=O) groups excluding carboxylic acids is 2. The van der Waals surface area contributed by atoms with Gasteiger partial charge in [-0.2, -0.15) is 0 Å². The summed E-state index contributed by atoms with van der Waals surface area (Å²) >= 11 is 0. The van der Waals surface area contributed by atoms with Gasteiger partial charge in [-0.15, -0.1) is 0 Å². The SMILES string of the molecule is CCCCCC/C=C\C/C=C\CCCCCCCCCC(=O)OCCCCCC/C=C\CCCCCCCCCC(=O)NC(CO)C(O)CCCCCCCCCCCC. The molecule has 0 aliphatic carbocycles. The topological polar surface area (TPSA) is 95.9 Å². The van der Waals surface area contributed by atoms with Crippen molar-refractivity contribution in [1.82, 2.24) is 5.32 Å². The molecule has 0 saturated heterocycles. The predicted octanol–water partition coefficient (Wildman–Crippen LogP) is 15.7. The first kappa shape index (κ1) is 58.1. The lowest BCUT2D eigenvalue weighted by Gasteiger charge is -2.22. The van der Waals surface area contributed by atoms with Crippen molar-refractivity contribution in [1.29, 1.82) is 0 Å². The zero-order valence-corrected chi connectivity index (χ0v) is 39.9. The number of amides is 1. The van der Waals surface area contributed by atoms with Crippen LogP contribution in [-0.4, -0.2) is 47.4 Å². The van der Waals surface area contributed by atoms with Gasteiger partial charge in [0.05, 0.1) is 25.4 Å². The maximum absolute atomic E-state index is 12.4. The Hall–Kier alpha value is -1.92. The minimum absolute atomic E-state index is 0.0181. The summed E-state index contributed by atoms with van der Waals surface area (Å²) in [5.41, 5.74) is 0. The van der Waals surface area contributed by atoms with Crippen molar-refractivity contribution in [3.05, 3.63) is 36.5 Å². The number of hydrogen-bond donors (Lipinski definition) is 3. The second kappa shape index (κ2) is 49.7. The Labute approximate surface area is 373 Å². The molecule has 3 N–H and O–H groups in total. The fourth-order valence-electron chi connectivity index (χ4n) is 7.84. The number of hydrogen-bond acceptors (Lipinski definition) is 5. The molecular formula is C54H101NO5. The van der Waals surface area contributed by atoms with E-state index in [2.05, 4.69) is 55.6 Å². The van der Waals surface area contributed by atoms with Gasteiger partial charge in [0.15, 0.2) is 0 Å². The van der Waals surface area contributed by atoms with Gasteiger partial charge in [-0.25, -0.2) is 0 Å². The van der Waals surface area contributed by atoms with Gasteiger partial charge >= 0.3 is 5.97 Å². The molecule has 0 rings (SSSR count). The summed E-state index contributed by atoms with van der Waals surface area (Å²) in [5, 5.41) is 23.1. The van der Waals surface area contributed by atoms with Crippen LogP contribution in [0.15, 0.2) is 36.5 Å². The van der Waals surface area contributed by atoms with Crippen molar-refractivity contribution in [3.63, 3.8) is 0 Å². The number of nitrogens with one attached hydrogen (secondary N) is 1. The molecule has 0 aliphatic heterocycles. The molecule has 6 heteroatoms. The number of unbranched alkanes of at least 4 members (excludes halogenated alkanes) is 31. The van der Waals surface area contributed by atoms with E-state index in [1.54, 1.807) is 0 Å². The summed E-state index contributed by atoms with van der Waals surface area (Å²) in [6, 6.07) is -0.552. The molecule has 0 aromatic carbocycles. The molecule has 0 aromatic rings. The van der Waals surface area contributed by atoms with Gasteiger partial charge in [0, 0.05) is 12.8 Å². The van der Waals surface area contributed by atoms with Crippen molar-refractivity contribution in [2.45, 2.75) is 283 Å². The fourth-order valence-corrected chi connectivity index (χ4v) is 7.84. The number of carbonyl (C=O) groups is 2.